The summed E-state index contributed by atoms with van der Waals surface area (Å²) in [4.78, 5) is 26.0. The van der Waals surface area contributed by atoms with Gasteiger partial charge in [-0.15, -0.1) is 0 Å². The number of nitrogens with zero attached hydrogens (tertiary/aromatic N) is 1. The Hall–Kier alpha value is -2.96. The topological polar surface area (TPSA) is 61.4 Å². The van der Waals surface area contributed by atoms with Crippen molar-refractivity contribution < 1.29 is 18.4 Å². The van der Waals surface area contributed by atoms with Crippen LogP contribution in [0.25, 0.3) is 0 Å². The van der Waals surface area contributed by atoms with E-state index in [2.05, 4.69) is 10.6 Å². The molecule has 0 aromatic heterocycles. The van der Waals surface area contributed by atoms with E-state index in [0.717, 1.165) is 18.4 Å². The van der Waals surface area contributed by atoms with E-state index in [0.29, 0.717) is 26.2 Å². The molecule has 148 valence electrons. The number of benzene rings is 2. The van der Waals surface area contributed by atoms with Gasteiger partial charge in [-0.25, -0.2) is 13.6 Å². The first-order chi connectivity index (χ1) is 13.5. The molecule has 2 aromatic carbocycles. The molecule has 3 rings (SSSR count). The average molecular weight is 387 g/mol. The summed E-state index contributed by atoms with van der Waals surface area (Å²) in [5, 5.41) is 5.57. The second-order valence-corrected chi connectivity index (χ2v) is 6.91. The number of rotatable bonds is 5. The molecule has 0 aliphatic carbocycles. The fourth-order valence-corrected chi connectivity index (χ4v) is 3.23. The van der Waals surface area contributed by atoms with E-state index in [1.165, 1.54) is 24.3 Å². The molecule has 3 amide bonds. The normalized spacial score (nSPS) is 14.6. The molecule has 1 aliphatic rings. The van der Waals surface area contributed by atoms with Crippen LogP contribution in [-0.2, 0) is 6.54 Å². The quantitative estimate of drug-likeness (QED) is 0.827. The number of hydrogen-bond acceptors (Lipinski definition) is 2. The Balaban J connectivity index is 1.38. The minimum Gasteiger partial charge on any atom is -0.339 e. The van der Waals surface area contributed by atoms with Gasteiger partial charge in [0.2, 0.25) is 0 Å². The highest BCUT2D eigenvalue weighted by Crippen LogP contribution is 2.19. The van der Waals surface area contributed by atoms with Gasteiger partial charge in [0.1, 0.15) is 11.6 Å². The third-order valence-electron chi connectivity index (χ3n) is 4.92. The standard InChI is InChI=1S/C21H23F2N3O2/c22-17-7-5-15(6-8-17)13-24-21(28)25-14-16-9-11-26(12-10-16)20(27)18-3-1-2-4-19(18)23/h1-8,16H,9-14H2,(H2,24,25,28). The number of carbonyl (C=O) groups excluding carboxylic acids is 2. The zero-order valence-electron chi connectivity index (χ0n) is 15.5. The van der Waals surface area contributed by atoms with Gasteiger partial charge in [0.05, 0.1) is 5.56 Å². The van der Waals surface area contributed by atoms with E-state index in [1.54, 1.807) is 29.2 Å². The molecule has 1 aliphatic heterocycles. The molecule has 1 heterocycles. The molecule has 2 aromatic rings. The molecule has 0 bridgehead atoms. The van der Waals surface area contributed by atoms with Gasteiger partial charge in [-0.2, -0.15) is 0 Å². The lowest BCUT2D eigenvalue weighted by Gasteiger charge is -2.32. The molecule has 1 saturated heterocycles. The number of urea groups is 1. The summed E-state index contributed by atoms with van der Waals surface area (Å²) in [6, 6.07) is 11.7. The van der Waals surface area contributed by atoms with Gasteiger partial charge in [0.25, 0.3) is 5.91 Å². The van der Waals surface area contributed by atoms with Crippen molar-refractivity contribution >= 4 is 11.9 Å². The number of hydrogen-bond donors (Lipinski definition) is 2. The maximum atomic E-state index is 13.8. The van der Waals surface area contributed by atoms with Crippen LogP contribution in [0.2, 0.25) is 0 Å². The Bertz CT molecular complexity index is 819. The summed E-state index contributed by atoms with van der Waals surface area (Å²) in [6.45, 7) is 1.91. The third kappa shape index (κ3) is 5.28. The minimum absolute atomic E-state index is 0.0965. The van der Waals surface area contributed by atoms with E-state index < -0.39 is 5.82 Å². The van der Waals surface area contributed by atoms with Crippen LogP contribution in [0.5, 0.6) is 0 Å². The van der Waals surface area contributed by atoms with Crippen LogP contribution in [0.4, 0.5) is 13.6 Å². The number of likely N-dealkylation sites (tertiary alicyclic amines) is 1. The second kappa shape index (κ2) is 9.30. The van der Waals surface area contributed by atoms with Gasteiger partial charge in [-0.1, -0.05) is 24.3 Å². The molecule has 28 heavy (non-hydrogen) atoms. The van der Waals surface area contributed by atoms with Crippen LogP contribution < -0.4 is 10.6 Å². The molecule has 0 radical (unpaired) electrons. The van der Waals surface area contributed by atoms with Crippen molar-refractivity contribution in [2.45, 2.75) is 19.4 Å². The molecule has 0 saturated carbocycles. The summed E-state index contributed by atoms with van der Waals surface area (Å²) in [7, 11) is 0. The monoisotopic (exact) mass is 387 g/mol. The number of piperidine rings is 1. The van der Waals surface area contributed by atoms with Gasteiger partial charge in [0.15, 0.2) is 0 Å². The Labute approximate surface area is 162 Å². The Morgan fingerprint density at radius 3 is 2.32 bits per heavy atom. The maximum Gasteiger partial charge on any atom is 0.315 e. The molecule has 0 unspecified atom stereocenters. The number of carbonyl (C=O) groups is 2. The lowest BCUT2D eigenvalue weighted by Crippen LogP contribution is -2.43. The highest BCUT2D eigenvalue weighted by atomic mass is 19.1. The molecular weight excluding hydrogens is 364 g/mol. The number of nitrogens with one attached hydrogen (secondary N) is 2. The van der Waals surface area contributed by atoms with E-state index in [-0.39, 0.29) is 29.2 Å². The summed E-state index contributed by atoms with van der Waals surface area (Å²) in [5.74, 6) is -0.843. The van der Waals surface area contributed by atoms with Crippen LogP contribution in [0.3, 0.4) is 0 Å². The molecule has 2 N–H and O–H groups in total. The Morgan fingerprint density at radius 1 is 0.964 bits per heavy atom. The third-order valence-corrected chi connectivity index (χ3v) is 4.92. The van der Waals surface area contributed by atoms with E-state index in [1.807, 2.05) is 0 Å². The summed E-state index contributed by atoms with van der Waals surface area (Å²) < 4.78 is 26.6. The zero-order chi connectivity index (χ0) is 19.9. The van der Waals surface area contributed by atoms with E-state index in [9.17, 15) is 18.4 Å². The van der Waals surface area contributed by atoms with Crippen LogP contribution in [0.15, 0.2) is 48.5 Å². The van der Waals surface area contributed by atoms with Gasteiger partial charge >= 0.3 is 6.03 Å². The molecule has 1 fully saturated rings. The first kappa shape index (κ1) is 19.8. The average Bonchev–Trinajstić information content (AvgIpc) is 2.72. The van der Waals surface area contributed by atoms with Crippen molar-refractivity contribution in [2.24, 2.45) is 5.92 Å². The van der Waals surface area contributed by atoms with Crippen molar-refractivity contribution in [1.29, 1.82) is 0 Å². The lowest BCUT2D eigenvalue weighted by molar-refractivity contribution is 0.0686. The predicted molar refractivity (Wildman–Crippen MR) is 102 cm³/mol. The first-order valence-electron chi connectivity index (χ1n) is 9.33. The molecule has 5 nitrogen and oxygen atoms in total. The fraction of sp³-hybridized carbons (Fsp3) is 0.333. The second-order valence-electron chi connectivity index (χ2n) is 6.91. The Morgan fingerprint density at radius 2 is 1.64 bits per heavy atom. The SMILES string of the molecule is O=C(NCc1ccc(F)cc1)NCC1CCN(C(=O)c2ccccc2F)CC1. The van der Waals surface area contributed by atoms with Gasteiger partial charge < -0.3 is 15.5 Å². The maximum absolute atomic E-state index is 13.8. The smallest absolute Gasteiger partial charge is 0.315 e. The van der Waals surface area contributed by atoms with Crippen molar-refractivity contribution in [2.75, 3.05) is 19.6 Å². The minimum atomic E-state index is -0.505. The van der Waals surface area contributed by atoms with Crippen molar-refractivity contribution in [3.8, 4) is 0 Å². The summed E-state index contributed by atoms with van der Waals surface area (Å²) in [5.41, 5.74) is 0.913. The van der Waals surface area contributed by atoms with Crippen LogP contribution in [0, 0.1) is 17.6 Å². The van der Waals surface area contributed by atoms with Crippen LogP contribution in [0.1, 0.15) is 28.8 Å². The summed E-state index contributed by atoms with van der Waals surface area (Å²) in [6.07, 6.45) is 1.50. The molecule has 7 heteroatoms. The van der Waals surface area contributed by atoms with Crippen molar-refractivity contribution in [3.63, 3.8) is 0 Å². The highest BCUT2D eigenvalue weighted by Gasteiger charge is 2.25. The first-order valence-corrected chi connectivity index (χ1v) is 9.33. The fourth-order valence-electron chi connectivity index (χ4n) is 3.23. The van der Waals surface area contributed by atoms with Crippen LogP contribution >= 0.6 is 0 Å². The van der Waals surface area contributed by atoms with Crippen molar-refractivity contribution in [3.05, 3.63) is 71.3 Å². The van der Waals surface area contributed by atoms with E-state index >= 15 is 0 Å². The molecular formula is C21H23F2N3O2. The Kier molecular flexibility index (Phi) is 6.57. The van der Waals surface area contributed by atoms with Gasteiger partial charge in [-0.3, -0.25) is 4.79 Å². The van der Waals surface area contributed by atoms with Crippen LogP contribution in [-0.4, -0.2) is 36.5 Å². The highest BCUT2D eigenvalue weighted by molar-refractivity contribution is 5.94. The largest absolute Gasteiger partial charge is 0.339 e. The molecule has 0 atom stereocenters. The van der Waals surface area contributed by atoms with E-state index in [4.69, 9.17) is 0 Å². The van der Waals surface area contributed by atoms with Gasteiger partial charge in [0, 0.05) is 26.2 Å². The number of amides is 3. The van der Waals surface area contributed by atoms with Crippen molar-refractivity contribution in [1.82, 2.24) is 15.5 Å². The lowest BCUT2D eigenvalue weighted by atomic mass is 9.96. The zero-order valence-corrected chi connectivity index (χ0v) is 15.5. The predicted octanol–water partition coefficient (Wildman–Crippen LogP) is 3.32. The molecule has 0 spiro atoms. The number of halogens is 2. The summed E-state index contributed by atoms with van der Waals surface area (Å²) >= 11 is 0. The van der Waals surface area contributed by atoms with Gasteiger partial charge in [-0.05, 0) is 48.6 Å².